The number of rotatable bonds is 3. The zero-order valence-corrected chi connectivity index (χ0v) is 12.7. The lowest BCUT2D eigenvalue weighted by molar-refractivity contribution is 0.0793. The molecule has 2 N–H and O–H groups in total. The molecule has 23 heavy (non-hydrogen) atoms. The second-order valence-electron chi connectivity index (χ2n) is 5.87. The van der Waals surface area contributed by atoms with Gasteiger partial charge in [0, 0.05) is 48.6 Å². The van der Waals surface area contributed by atoms with Crippen LogP contribution >= 0.6 is 0 Å². The molecule has 1 aromatic carbocycles. The molecular weight excluding hydrogens is 288 g/mol. The molecule has 0 saturated carbocycles. The molecule has 1 atom stereocenters. The zero-order valence-electron chi connectivity index (χ0n) is 12.7. The fourth-order valence-corrected chi connectivity index (χ4v) is 3.17. The summed E-state index contributed by atoms with van der Waals surface area (Å²) in [4.78, 5) is 22.0. The molecule has 5 heteroatoms. The van der Waals surface area contributed by atoms with E-state index >= 15 is 0 Å². The highest BCUT2D eigenvalue weighted by Gasteiger charge is 2.28. The molecule has 3 aromatic rings. The Bertz CT molecular complexity index is 827. The standard InChI is InChI=1S/C18H18N4O/c23-18(16-11-20-17-6-2-1-5-15(16)17)22-9-7-14(12-22)21-13-4-3-8-19-10-13/h1-6,8,10-11,14,20-21H,7,9,12H2. The molecule has 4 rings (SSSR count). The number of nitrogens with zero attached hydrogens (tertiary/aromatic N) is 2. The number of carbonyl (C=O) groups excluding carboxylic acids is 1. The maximum atomic E-state index is 12.8. The molecule has 1 aliphatic heterocycles. The van der Waals surface area contributed by atoms with Crippen molar-refractivity contribution in [3.05, 3.63) is 60.6 Å². The molecule has 0 aliphatic carbocycles. The summed E-state index contributed by atoms with van der Waals surface area (Å²) in [6, 6.07) is 12.1. The van der Waals surface area contributed by atoms with Gasteiger partial charge in [-0.05, 0) is 24.6 Å². The summed E-state index contributed by atoms with van der Waals surface area (Å²) in [5.41, 5.74) is 2.75. The van der Waals surface area contributed by atoms with Crippen LogP contribution in [0, 0.1) is 0 Å². The third-order valence-electron chi connectivity index (χ3n) is 4.33. The third kappa shape index (κ3) is 2.65. The molecule has 0 radical (unpaired) electrons. The summed E-state index contributed by atoms with van der Waals surface area (Å²) in [5, 5.41) is 4.43. The molecule has 1 fully saturated rings. The van der Waals surface area contributed by atoms with Crippen molar-refractivity contribution >= 4 is 22.5 Å². The van der Waals surface area contributed by atoms with Crippen molar-refractivity contribution in [1.29, 1.82) is 0 Å². The van der Waals surface area contributed by atoms with E-state index in [0.29, 0.717) is 6.54 Å². The molecule has 116 valence electrons. The van der Waals surface area contributed by atoms with E-state index < -0.39 is 0 Å². The number of nitrogens with one attached hydrogen (secondary N) is 2. The average Bonchev–Trinajstić information content (AvgIpc) is 3.22. The molecule has 1 aliphatic rings. The Morgan fingerprint density at radius 2 is 2.17 bits per heavy atom. The van der Waals surface area contributed by atoms with E-state index in [1.54, 1.807) is 6.20 Å². The third-order valence-corrected chi connectivity index (χ3v) is 4.33. The summed E-state index contributed by atoms with van der Waals surface area (Å²) in [5.74, 6) is 0.0953. The van der Waals surface area contributed by atoms with Crippen LogP contribution in [0.5, 0.6) is 0 Å². The van der Waals surface area contributed by atoms with E-state index in [4.69, 9.17) is 0 Å². The predicted octanol–water partition coefficient (Wildman–Crippen LogP) is 2.89. The van der Waals surface area contributed by atoms with Crippen LogP contribution in [0.1, 0.15) is 16.8 Å². The van der Waals surface area contributed by atoms with Crippen LogP contribution in [0.2, 0.25) is 0 Å². The van der Waals surface area contributed by atoms with Gasteiger partial charge in [-0.1, -0.05) is 18.2 Å². The minimum absolute atomic E-state index is 0.0953. The number of anilines is 1. The number of hydrogen-bond acceptors (Lipinski definition) is 3. The number of likely N-dealkylation sites (tertiary alicyclic amines) is 1. The largest absolute Gasteiger partial charge is 0.379 e. The van der Waals surface area contributed by atoms with E-state index in [2.05, 4.69) is 15.3 Å². The van der Waals surface area contributed by atoms with Gasteiger partial charge in [-0.3, -0.25) is 9.78 Å². The summed E-state index contributed by atoms with van der Waals surface area (Å²) in [7, 11) is 0. The lowest BCUT2D eigenvalue weighted by atomic mass is 10.1. The van der Waals surface area contributed by atoms with Crippen LogP contribution in [0.3, 0.4) is 0 Å². The Morgan fingerprint density at radius 1 is 1.26 bits per heavy atom. The van der Waals surface area contributed by atoms with E-state index in [-0.39, 0.29) is 11.9 Å². The van der Waals surface area contributed by atoms with E-state index in [1.807, 2.05) is 53.7 Å². The van der Waals surface area contributed by atoms with Gasteiger partial charge in [0.25, 0.3) is 5.91 Å². The molecule has 2 aromatic heterocycles. The zero-order chi connectivity index (χ0) is 15.6. The number of para-hydroxylation sites is 1. The van der Waals surface area contributed by atoms with Gasteiger partial charge in [-0.2, -0.15) is 0 Å². The first-order valence-electron chi connectivity index (χ1n) is 7.83. The minimum Gasteiger partial charge on any atom is -0.379 e. The summed E-state index contributed by atoms with van der Waals surface area (Å²) < 4.78 is 0. The highest BCUT2D eigenvalue weighted by Crippen LogP contribution is 2.22. The van der Waals surface area contributed by atoms with Crippen molar-refractivity contribution in [2.75, 3.05) is 18.4 Å². The number of aromatic nitrogens is 2. The highest BCUT2D eigenvalue weighted by atomic mass is 16.2. The van der Waals surface area contributed by atoms with E-state index in [0.717, 1.165) is 35.1 Å². The van der Waals surface area contributed by atoms with Gasteiger partial charge in [0.15, 0.2) is 0 Å². The van der Waals surface area contributed by atoms with Gasteiger partial charge in [-0.15, -0.1) is 0 Å². The van der Waals surface area contributed by atoms with Gasteiger partial charge < -0.3 is 15.2 Å². The number of pyridine rings is 1. The number of aromatic amines is 1. The average molecular weight is 306 g/mol. The SMILES string of the molecule is O=C(c1c[nH]c2ccccc12)N1CCC(Nc2cccnc2)C1. The van der Waals surface area contributed by atoms with Crippen molar-refractivity contribution < 1.29 is 4.79 Å². The van der Waals surface area contributed by atoms with Gasteiger partial charge in [0.1, 0.15) is 0 Å². The first kappa shape index (κ1) is 13.8. The van der Waals surface area contributed by atoms with Crippen LogP contribution in [0.15, 0.2) is 55.0 Å². The van der Waals surface area contributed by atoms with Crippen LogP contribution in [-0.2, 0) is 0 Å². The van der Waals surface area contributed by atoms with Crippen molar-refractivity contribution in [1.82, 2.24) is 14.9 Å². The van der Waals surface area contributed by atoms with Gasteiger partial charge in [-0.25, -0.2) is 0 Å². The van der Waals surface area contributed by atoms with E-state index in [1.165, 1.54) is 0 Å². The monoisotopic (exact) mass is 306 g/mol. The molecule has 1 unspecified atom stereocenters. The lowest BCUT2D eigenvalue weighted by Crippen LogP contribution is -2.31. The van der Waals surface area contributed by atoms with Crippen LogP contribution < -0.4 is 5.32 Å². The van der Waals surface area contributed by atoms with Crippen molar-refractivity contribution in [3.8, 4) is 0 Å². The number of carbonyl (C=O) groups is 1. The molecule has 1 amide bonds. The number of hydrogen-bond donors (Lipinski definition) is 2. The number of benzene rings is 1. The molecule has 3 heterocycles. The van der Waals surface area contributed by atoms with Crippen molar-refractivity contribution in [3.63, 3.8) is 0 Å². The maximum Gasteiger partial charge on any atom is 0.256 e. The fraction of sp³-hybridized carbons (Fsp3) is 0.222. The topological polar surface area (TPSA) is 61.0 Å². The second-order valence-corrected chi connectivity index (χ2v) is 5.87. The Morgan fingerprint density at radius 3 is 3.04 bits per heavy atom. The van der Waals surface area contributed by atoms with Crippen molar-refractivity contribution in [2.45, 2.75) is 12.5 Å². The predicted molar refractivity (Wildman–Crippen MR) is 90.5 cm³/mol. The molecular formula is C18H18N4O. The molecule has 0 bridgehead atoms. The number of H-pyrrole nitrogens is 1. The summed E-state index contributed by atoms with van der Waals surface area (Å²) in [6.45, 7) is 1.49. The van der Waals surface area contributed by atoms with E-state index in [9.17, 15) is 4.79 Å². The van der Waals surface area contributed by atoms with Gasteiger partial charge in [0.2, 0.25) is 0 Å². The van der Waals surface area contributed by atoms with Gasteiger partial charge >= 0.3 is 0 Å². The van der Waals surface area contributed by atoms with Gasteiger partial charge in [0.05, 0.1) is 11.3 Å². The van der Waals surface area contributed by atoms with Crippen LogP contribution in [0.4, 0.5) is 5.69 Å². The first-order chi connectivity index (χ1) is 11.3. The first-order valence-corrected chi connectivity index (χ1v) is 7.83. The Labute approximate surface area is 134 Å². The van der Waals surface area contributed by atoms with Crippen molar-refractivity contribution in [2.24, 2.45) is 0 Å². The second kappa shape index (κ2) is 5.76. The minimum atomic E-state index is 0.0953. The Hall–Kier alpha value is -2.82. The number of fused-ring (bicyclic) bond motifs is 1. The summed E-state index contributed by atoms with van der Waals surface area (Å²) >= 11 is 0. The Balaban J connectivity index is 1.48. The quantitative estimate of drug-likeness (QED) is 0.782. The maximum absolute atomic E-state index is 12.8. The Kier molecular flexibility index (Phi) is 3.46. The smallest absolute Gasteiger partial charge is 0.256 e. The normalized spacial score (nSPS) is 17.6. The van der Waals surface area contributed by atoms with Crippen LogP contribution in [0.25, 0.3) is 10.9 Å². The molecule has 0 spiro atoms. The molecule has 1 saturated heterocycles. The van der Waals surface area contributed by atoms with Crippen LogP contribution in [-0.4, -0.2) is 39.9 Å². The molecule has 5 nitrogen and oxygen atoms in total. The highest BCUT2D eigenvalue weighted by molar-refractivity contribution is 6.06. The lowest BCUT2D eigenvalue weighted by Gasteiger charge is -2.17. The summed E-state index contributed by atoms with van der Waals surface area (Å²) in [6.07, 6.45) is 6.33. The number of amides is 1. The fourth-order valence-electron chi connectivity index (χ4n) is 3.17.